The van der Waals surface area contributed by atoms with E-state index in [1.54, 1.807) is 12.1 Å². The number of carbonyl (C=O) groups is 1. The highest BCUT2D eigenvalue weighted by atomic mass is 16.6. The molecule has 0 aromatic heterocycles. The van der Waals surface area contributed by atoms with Gasteiger partial charge >= 0.3 is 0 Å². The zero-order chi connectivity index (χ0) is 15.0. The number of oxime groups is 1. The fourth-order valence-electron chi connectivity index (χ4n) is 1.28. The average Bonchev–Trinajstić information content (AvgIpc) is 2.41. The van der Waals surface area contributed by atoms with Crippen molar-refractivity contribution in [1.82, 2.24) is 5.32 Å². The summed E-state index contributed by atoms with van der Waals surface area (Å²) in [5, 5.41) is 16.9. The van der Waals surface area contributed by atoms with Gasteiger partial charge in [-0.05, 0) is 5.92 Å². The number of benzene rings is 1. The monoisotopic (exact) mass is 279 g/mol. The van der Waals surface area contributed by atoms with E-state index in [2.05, 4.69) is 10.5 Å². The molecule has 0 radical (unpaired) electrons. The molecule has 0 atom stereocenters. The molecule has 1 amide bonds. The molecule has 0 spiro atoms. The predicted octanol–water partition coefficient (Wildman–Crippen LogP) is 1.72. The van der Waals surface area contributed by atoms with Crippen LogP contribution in [0.3, 0.4) is 0 Å². The highest BCUT2D eigenvalue weighted by Gasteiger charge is 2.04. The number of carbonyl (C=O) groups excluding carboxylic acids is 1. The molecule has 1 N–H and O–H groups in total. The summed E-state index contributed by atoms with van der Waals surface area (Å²) >= 11 is 0. The molecule has 0 saturated heterocycles. The molecule has 0 aliphatic carbocycles. The van der Waals surface area contributed by atoms with Gasteiger partial charge in [-0.15, -0.1) is 0 Å². The Morgan fingerprint density at radius 3 is 2.95 bits per heavy atom. The third-order valence-electron chi connectivity index (χ3n) is 2.26. The van der Waals surface area contributed by atoms with Gasteiger partial charge in [-0.1, -0.05) is 31.1 Å². The predicted molar refractivity (Wildman–Crippen MR) is 74.5 cm³/mol. The van der Waals surface area contributed by atoms with Crippen molar-refractivity contribution in [2.24, 2.45) is 11.1 Å². The lowest BCUT2D eigenvalue weighted by atomic mass is 10.2. The van der Waals surface area contributed by atoms with Crippen molar-refractivity contribution >= 4 is 17.8 Å². The highest BCUT2D eigenvalue weighted by molar-refractivity contribution is 5.80. The average molecular weight is 279 g/mol. The maximum atomic E-state index is 11.3. The number of rotatable bonds is 7. The summed E-state index contributed by atoms with van der Waals surface area (Å²) in [4.78, 5) is 26.2. The first-order valence-electron chi connectivity index (χ1n) is 6.15. The highest BCUT2D eigenvalue weighted by Crippen LogP contribution is 2.11. The lowest BCUT2D eigenvalue weighted by Crippen LogP contribution is -2.30. The first-order valence-corrected chi connectivity index (χ1v) is 6.15. The van der Waals surface area contributed by atoms with Crippen molar-refractivity contribution in [3.8, 4) is 0 Å². The molecule has 0 unspecified atom stereocenters. The SMILES string of the molecule is CC(C)CNC(=O)CO/N=C\c1cccc([N+](=O)[O-])c1. The van der Waals surface area contributed by atoms with Crippen molar-refractivity contribution < 1.29 is 14.6 Å². The minimum atomic E-state index is -0.489. The largest absolute Gasteiger partial charge is 0.386 e. The molecule has 1 aromatic carbocycles. The smallest absolute Gasteiger partial charge is 0.270 e. The summed E-state index contributed by atoms with van der Waals surface area (Å²) < 4.78 is 0. The van der Waals surface area contributed by atoms with Crippen LogP contribution in [0, 0.1) is 16.0 Å². The second-order valence-electron chi connectivity index (χ2n) is 4.56. The number of nitrogens with zero attached hydrogens (tertiary/aromatic N) is 2. The Morgan fingerprint density at radius 2 is 2.30 bits per heavy atom. The normalized spacial score (nSPS) is 10.8. The first-order chi connectivity index (χ1) is 9.49. The fraction of sp³-hybridized carbons (Fsp3) is 0.385. The van der Waals surface area contributed by atoms with Crippen molar-refractivity contribution in [2.75, 3.05) is 13.2 Å². The molecule has 0 aliphatic heterocycles. The number of nitro benzene ring substituents is 1. The minimum absolute atomic E-state index is 0.0244. The van der Waals surface area contributed by atoms with Crippen molar-refractivity contribution in [3.05, 3.63) is 39.9 Å². The molecule has 0 aliphatic rings. The molecular weight excluding hydrogens is 262 g/mol. The van der Waals surface area contributed by atoms with Crippen molar-refractivity contribution in [2.45, 2.75) is 13.8 Å². The summed E-state index contributed by atoms with van der Waals surface area (Å²) in [5.74, 6) is 0.113. The van der Waals surface area contributed by atoms with Gasteiger partial charge in [0.2, 0.25) is 0 Å². The molecule has 0 fully saturated rings. The summed E-state index contributed by atoms with van der Waals surface area (Å²) in [6.45, 7) is 4.37. The first kappa shape index (κ1) is 15.6. The van der Waals surface area contributed by atoms with Crippen LogP contribution in [-0.4, -0.2) is 30.2 Å². The second-order valence-corrected chi connectivity index (χ2v) is 4.56. The fourth-order valence-corrected chi connectivity index (χ4v) is 1.28. The number of non-ortho nitro benzene ring substituents is 1. The molecule has 7 heteroatoms. The zero-order valence-corrected chi connectivity index (χ0v) is 11.4. The molecule has 20 heavy (non-hydrogen) atoms. The molecule has 0 bridgehead atoms. The summed E-state index contributed by atoms with van der Waals surface area (Å²) in [6.07, 6.45) is 1.32. The van der Waals surface area contributed by atoms with E-state index < -0.39 is 4.92 Å². The van der Waals surface area contributed by atoms with Gasteiger partial charge < -0.3 is 10.2 Å². The Labute approximate surface area is 116 Å². The third kappa shape index (κ3) is 5.94. The third-order valence-corrected chi connectivity index (χ3v) is 2.26. The van der Waals surface area contributed by atoms with Gasteiger partial charge in [-0.3, -0.25) is 14.9 Å². The van der Waals surface area contributed by atoms with Crippen LogP contribution in [-0.2, 0) is 9.63 Å². The van der Waals surface area contributed by atoms with Gasteiger partial charge in [0.05, 0.1) is 11.1 Å². The topological polar surface area (TPSA) is 93.8 Å². The Hall–Kier alpha value is -2.44. The maximum Gasteiger partial charge on any atom is 0.270 e. The number of nitro groups is 1. The van der Waals surface area contributed by atoms with Gasteiger partial charge in [0.1, 0.15) is 0 Å². The quantitative estimate of drug-likeness (QED) is 0.467. The van der Waals surface area contributed by atoms with E-state index >= 15 is 0 Å². The second kappa shape index (κ2) is 7.88. The Morgan fingerprint density at radius 1 is 1.55 bits per heavy atom. The molecule has 1 aromatic rings. The van der Waals surface area contributed by atoms with Gasteiger partial charge in [-0.25, -0.2) is 0 Å². The van der Waals surface area contributed by atoms with Gasteiger partial charge in [-0.2, -0.15) is 0 Å². The van der Waals surface area contributed by atoms with E-state index in [4.69, 9.17) is 4.84 Å². The van der Waals surface area contributed by atoms with E-state index in [0.717, 1.165) is 0 Å². The van der Waals surface area contributed by atoms with E-state index in [-0.39, 0.29) is 18.2 Å². The number of nitrogens with one attached hydrogen (secondary N) is 1. The van der Waals surface area contributed by atoms with Crippen LogP contribution in [0.25, 0.3) is 0 Å². The van der Waals surface area contributed by atoms with Gasteiger partial charge in [0, 0.05) is 24.2 Å². The van der Waals surface area contributed by atoms with E-state index in [1.807, 2.05) is 13.8 Å². The molecule has 1 rings (SSSR count). The minimum Gasteiger partial charge on any atom is -0.386 e. The van der Waals surface area contributed by atoms with Gasteiger partial charge in [0.15, 0.2) is 6.61 Å². The lowest BCUT2D eigenvalue weighted by molar-refractivity contribution is -0.384. The standard InChI is InChI=1S/C13H17N3O4/c1-10(2)7-14-13(17)9-20-15-8-11-4-3-5-12(6-11)16(18)19/h3-6,8,10H,7,9H2,1-2H3,(H,14,17)/b15-8-. The van der Waals surface area contributed by atoms with Gasteiger partial charge in [0.25, 0.3) is 11.6 Å². The number of amides is 1. The molecule has 108 valence electrons. The molecule has 7 nitrogen and oxygen atoms in total. The molecular formula is C13H17N3O4. The van der Waals surface area contributed by atoms with E-state index in [1.165, 1.54) is 18.3 Å². The van der Waals surface area contributed by atoms with Crippen LogP contribution in [0.15, 0.2) is 29.4 Å². The summed E-state index contributed by atoms with van der Waals surface area (Å²) in [5.41, 5.74) is 0.505. The Kier molecular flexibility index (Phi) is 6.15. The summed E-state index contributed by atoms with van der Waals surface area (Å²) in [6, 6.07) is 5.96. The summed E-state index contributed by atoms with van der Waals surface area (Å²) in [7, 11) is 0. The Balaban J connectivity index is 2.39. The molecule has 0 heterocycles. The van der Waals surface area contributed by atoms with Crippen LogP contribution in [0.4, 0.5) is 5.69 Å². The zero-order valence-electron chi connectivity index (χ0n) is 11.4. The van der Waals surface area contributed by atoms with E-state index in [0.29, 0.717) is 18.0 Å². The van der Waals surface area contributed by atoms with Crippen molar-refractivity contribution in [3.63, 3.8) is 0 Å². The molecule has 0 saturated carbocycles. The van der Waals surface area contributed by atoms with Crippen LogP contribution in [0.2, 0.25) is 0 Å². The Bertz CT molecular complexity index is 500. The van der Waals surface area contributed by atoms with E-state index in [9.17, 15) is 14.9 Å². The van der Waals surface area contributed by atoms with Crippen LogP contribution < -0.4 is 5.32 Å². The number of hydrogen-bond donors (Lipinski definition) is 1. The number of hydrogen-bond acceptors (Lipinski definition) is 5. The van der Waals surface area contributed by atoms with Crippen molar-refractivity contribution in [1.29, 1.82) is 0 Å². The van der Waals surface area contributed by atoms with Crippen LogP contribution >= 0.6 is 0 Å². The lowest BCUT2D eigenvalue weighted by Gasteiger charge is -2.06. The van der Waals surface area contributed by atoms with Crippen LogP contribution in [0.5, 0.6) is 0 Å². The maximum absolute atomic E-state index is 11.3. The van der Waals surface area contributed by atoms with Crippen LogP contribution in [0.1, 0.15) is 19.4 Å².